The van der Waals surface area contributed by atoms with Crippen LogP contribution in [0.15, 0.2) is 30.5 Å². The Bertz CT molecular complexity index is 1040. The lowest BCUT2D eigenvalue weighted by atomic mass is 10.1. The second-order valence-corrected chi connectivity index (χ2v) is 10.7. The normalized spacial score (nSPS) is 22.3. The first kappa shape index (κ1) is 22.0. The number of nitro groups is 1. The molecule has 0 aliphatic carbocycles. The Labute approximate surface area is 185 Å². The summed E-state index contributed by atoms with van der Waals surface area (Å²) in [6.45, 7) is 5.03. The molecule has 0 saturated carbocycles. The molecule has 10 nitrogen and oxygen atoms in total. The molecule has 1 aromatic heterocycles. The highest BCUT2D eigenvalue weighted by atomic mass is 35.5. The van der Waals surface area contributed by atoms with Crippen molar-refractivity contribution in [1.29, 1.82) is 0 Å². The zero-order valence-electron chi connectivity index (χ0n) is 17.1. The van der Waals surface area contributed by atoms with Crippen LogP contribution < -0.4 is 4.74 Å². The zero-order chi connectivity index (χ0) is 22.2. The zero-order valence-corrected chi connectivity index (χ0v) is 18.7. The first-order valence-corrected chi connectivity index (χ1v) is 12.0. The number of ether oxygens (including phenoxy) is 1. The van der Waals surface area contributed by atoms with E-state index in [1.54, 1.807) is 21.0 Å². The third-order valence-corrected chi connectivity index (χ3v) is 7.73. The van der Waals surface area contributed by atoms with Gasteiger partial charge in [-0.05, 0) is 36.0 Å². The lowest BCUT2D eigenvalue weighted by Gasteiger charge is -2.37. The summed E-state index contributed by atoms with van der Waals surface area (Å²) < 4.78 is 34.5. The number of nitrogens with zero attached hydrogens (tertiary/aromatic N) is 5. The Kier molecular flexibility index (Phi) is 5.95. The van der Waals surface area contributed by atoms with Crippen molar-refractivity contribution in [2.24, 2.45) is 0 Å². The fourth-order valence-electron chi connectivity index (χ4n) is 4.03. The quantitative estimate of drug-likeness (QED) is 0.449. The van der Waals surface area contributed by atoms with Crippen molar-refractivity contribution in [2.75, 3.05) is 38.5 Å². The Balaban J connectivity index is 1.27. The molecule has 1 saturated heterocycles. The topological polar surface area (TPSA) is 111 Å². The Morgan fingerprint density at radius 2 is 1.90 bits per heavy atom. The molecule has 1 aromatic carbocycles. The average molecular weight is 470 g/mol. The third kappa shape index (κ3) is 5.00. The number of imidazole rings is 1. The largest absolute Gasteiger partial charge is 0.436 e. The molecule has 1 atom stereocenters. The number of piperazine rings is 1. The summed E-state index contributed by atoms with van der Waals surface area (Å²) in [4.78, 5) is 16.4. The molecule has 0 radical (unpaired) electrons. The number of hydrogen-bond acceptors (Lipinski definition) is 7. The van der Waals surface area contributed by atoms with Crippen LogP contribution in [0.5, 0.6) is 6.01 Å². The lowest BCUT2D eigenvalue weighted by Crippen LogP contribution is -2.54. The summed E-state index contributed by atoms with van der Waals surface area (Å²) in [5.41, 5.74) is 0.378. The predicted octanol–water partition coefficient (Wildman–Crippen LogP) is 1.79. The van der Waals surface area contributed by atoms with E-state index in [1.165, 1.54) is 6.20 Å². The molecular weight excluding hydrogens is 446 g/mol. The maximum atomic E-state index is 12.7. The average Bonchev–Trinajstić information content (AvgIpc) is 3.23. The highest BCUT2D eigenvalue weighted by molar-refractivity contribution is 7.89. The number of benzene rings is 1. The van der Waals surface area contributed by atoms with E-state index in [-0.39, 0.29) is 17.6 Å². The van der Waals surface area contributed by atoms with Gasteiger partial charge in [-0.25, -0.2) is 8.42 Å². The van der Waals surface area contributed by atoms with Gasteiger partial charge in [-0.3, -0.25) is 9.47 Å². The van der Waals surface area contributed by atoms with Gasteiger partial charge >= 0.3 is 11.8 Å². The van der Waals surface area contributed by atoms with Crippen molar-refractivity contribution in [3.63, 3.8) is 0 Å². The van der Waals surface area contributed by atoms with Gasteiger partial charge in [-0.2, -0.15) is 4.31 Å². The van der Waals surface area contributed by atoms with Crippen LogP contribution in [0.1, 0.15) is 12.5 Å². The van der Waals surface area contributed by atoms with E-state index in [1.807, 2.05) is 19.1 Å². The van der Waals surface area contributed by atoms with Crippen LogP contribution in [0.4, 0.5) is 5.82 Å². The molecule has 0 amide bonds. The van der Waals surface area contributed by atoms with Gasteiger partial charge in [0.15, 0.2) is 0 Å². The Hall–Kier alpha value is -2.21. The van der Waals surface area contributed by atoms with Crippen molar-refractivity contribution in [3.05, 3.63) is 51.2 Å². The molecule has 0 N–H and O–H groups in total. The van der Waals surface area contributed by atoms with Gasteiger partial charge in [0.2, 0.25) is 10.0 Å². The Morgan fingerprint density at radius 3 is 2.52 bits per heavy atom. The molecular formula is C19H24ClN5O5S. The van der Waals surface area contributed by atoms with Crippen molar-refractivity contribution in [2.45, 2.75) is 25.5 Å². The molecule has 31 heavy (non-hydrogen) atoms. The van der Waals surface area contributed by atoms with Crippen molar-refractivity contribution in [3.8, 4) is 6.01 Å². The van der Waals surface area contributed by atoms with E-state index < -0.39 is 20.5 Å². The summed E-state index contributed by atoms with van der Waals surface area (Å²) in [7, 11) is -3.34. The smallest absolute Gasteiger partial charge is 0.415 e. The molecule has 12 heteroatoms. The predicted molar refractivity (Wildman–Crippen MR) is 115 cm³/mol. The molecule has 2 aliphatic heterocycles. The van der Waals surface area contributed by atoms with Crippen LogP contribution in [0.3, 0.4) is 0 Å². The van der Waals surface area contributed by atoms with Crippen LogP contribution in [0.2, 0.25) is 5.02 Å². The maximum Gasteiger partial charge on any atom is 0.415 e. The van der Waals surface area contributed by atoms with Crippen LogP contribution >= 0.6 is 11.6 Å². The number of aromatic nitrogens is 2. The molecule has 2 aromatic rings. The monoisotopic (exact) mass is 469 g/mol. The van der Waals surface area contributed by atoms with E-state index >= 15 is 0 Å². The lowest BCUT2D eigenvalue weighted by molar-refractivity contribution is -0.389. The highest BCUT2D eigenvalue weighted by Gasteiger charge is 2.42. The number of halogens is 1. The molecule has 3 heterocycles. The molecule has 0 spiro atoms. The fraction of sp³-hybridized carbons (Fsp3) is 0.526. The van der Waals surface area contributed by atoms with E-state index in [9.17, 15) is 18.5 Å². The van der Waals surface area contributed by atoms with E-state index in [0.29, 0.717) is 50.7 Å². The number of aryl methyl sites for hydroxylation is 1. The second-order valence-electron chi connectivity index (χ2n) is 8.19. The van der Waals surface area contributed by atoms with Gasteiger partial charge in [0.25, 0.3) is 0 Å². The second kappa shape index (κ2) is 8.38. The molecule has 2 aliphatic rings. The van der Waals surface area contributed by atoms with E-state index in [4.69, 9.17) is 16.3 Å². The first-order chi connectivity index (χ1) is 14.6. The number of hydrogen-bond donors (Lipinski definition) is 0. The fourth-order valence-corrected chi connectivity index (χ4v) is 5.63. The van der Waals surface area contributed by atoms with Crippen molar-refractivity contribution in [1.82, 2.24) is 18.8 Å². The summed E-state index contributed by atoms with van der Waals surface area (Å²) in [5, 5.41) is 11.5. The first-order valence-electron chi connectivity index (χ1n) is 9.99. The van der Waals surface area contributed by atoms with Gasteiger partial charge < -0.3 is 14.9 Å². The highest BCUT2D eigenvalue weighted by Crippen LogP contribution is 2.31. The van der Waals surface area contributed by atoms with E-state index in [0.717, 1.165) is 5.56 Å². The molecule has 4 rings (SSSR count). The van der Waals surface area contributed by atoms with Crippen LogP contribution in [0, 0.1) is 10.1 Å². The number of rotatable bonds is 7. The van der Waals surface area contributed by atoms with Gasteiger partial charge in [0.1, 0.15) is 11.8 Å². The minimum atomic E-state index is -3.34. The van der Waals surface area contributed by atoms with Gasteiger partial charge in [-0.1, -0.05) is 23.7 Å². The minimum absolute atomic E-state index is 0.0648. The summed E-state index contributed by atoms with van der Waals surface area (Å²) in [6.07, 6.45) is 1.83. The van der Waals surface area contributed by atoms with Crippen LogP contribution in [-0.2, 0) is 23.0 Å². The maximum absolute atomic E-state index is 12.7. The molecule has 1 unspecified atom stereocenters. The molecule has 1 fully saturated rings. The summed E-state index contributed by atoms with van der Waals surface area (Å²) >= 11 is 5.88. The third-order valence-electron chi connectivity index (χ3n) is 5.60. The summed E-state index contributed by atoms with van der Waals surface area (Å²) in [6, 6.07) is 7.46. The van der Waals surface area contributed by atoms with Crippen molar-refractivity contribution < 1.29 is 18.1 Å². The number of sulfonamides is 1. The Morgan fingerprint density at radius 1 is 1.23 bits per heavy atom. The van der Waals surface area contributed by atoms with Crippen LogP contribution in [0.25, 0.3) is 0 Å². The van der Waals surface area contributed by atoms with Gasteiger partial charge in [-0.15, -0.1) is 0 Å². The van der Waals surface area contributed by atoms with Crippen molar-refractivity contribution >= 4 is 27.4 Å². The molecule has 0 bridgehead atoms. The summed E-state index contributed by atoms with van der Waals surface area (Å²) in [5.74, 6) is -0.163. The number of fused-ring (bicyclic) bond motifs is 1. The van der Waals surface area contributed by atoms with Gasteiger partial charge in [0.05, 0.1) is 12.3 Å². The van der Waals surface area contributed by atoms with Gasteiger partial charge in [0, 0.05) is 42.7 Å². The molecule has 168 valence electrons. The van der Waals surface area contributed by atoms with E-state index in [2.05, 4.69) is 9.88 Å². The SMILES string of the molecule is CC1(CN2CCN(S(=O)(=O)CCc3ccc(Cl)cc3)CC2)Cn2cc([N+](=O)[O-])nc2O1. The standard InChI is InChI=1S/C19H24ClN5O5S/c1-19(14-23-12-17(25(26)27)21-18(23)30-19)13-22-7-9-24(10-8-22)31(28,29)11-6-15-2-4-16(20)5-3-15/h2-5,12H,6-11,13-14H2,1H3. The van der Waals surface area contributed by atoms with Crippen LogP contribution in [-0.4, -0.2) is 76.2 Å². The minimum Gasteiger partial charge on any atom is -0.436 e.